The molecule has 0 aliphatic rings. The normalized spacial score (nSPS) is 12.2. The highest BCUT2D eigenvalue weighted by Gasteiger charge is 2.16. The summed E-state index contributed by atoms with van der Waals surface area (Å²) in [5.41, 5.74) is 2.04. The van der Waals surface area contributed by atoms with Gasteiger partial charge < -0.3 is 10.0 Å². The van der Waals surface area contributed by atoms with E-state index in [0.29, 0.717) is 22.8 Å². The first kappa shape index (κ1) is 14.8. The van der Waals surface area contributed by atoms with Crippen molar-refractivity contribution in [3.8, 4) is 0 Å². The van der Waals surface area contributed by atoms with Crippen LogP contribution in [0.5, 0.6) is 0 Å². The Bertz CT molecular complexity index is 584. The first-order chi connectivity index (χ1) is 9.49. The average molecular weight is 294 g/mol. The fourth-order valence-corrected chi connectivity index (χ4v) is 2.34. The molecule has 0 amide bonds. The number of hydrogen-bond donors (Lipinski definition) is 1. The van der Waals surface area contributed by atoms with Gasteiger partial charge in [-0.1, -0.05) is 35.9 Å². The first-order valence-corrected chi connectivity index (χ1v) is 6.79. The molecule has 2 rings (SSSR count). The fraction of sp³-hybridized carbons (Fsp3) is 0.250. The van der Waals surface area contributed by atoms with Crippen molar-refractivity contribution in [2.24, 2.45) is 0 Å². The summed E-state index contributed by atoms with van der Waals surface area (Å²) in [6.07, 6.45) is -0.714. The van der Waals surface area contributed by atoms with Gasteiger partial charge >= 0.3 is 0 Å². The minimum atomic E-state index is -0.714. The second kappa shape index (κ2) is 6.25. The van der Waals surface area contributed by atoms with Crippen molar-refractivity contribution in [2.75, 3.05) is 11.9 Å². The van der Waals surface area contributed by atoms with Crippen molar-refractivity contribution in [3.05, 3.63) is 64.4 Å². The number of benzene rings is 2. The van der Waals surface area contributed by atoms with E-state index in [1.807, 2.05) is 24.3 Å². The fourth-order valence-electron chi connectivity index (χ4n) is 2.21. The van der Waals surface area contributed by atoms with Crippen LogP contribution in [0.1, 0.15) is 24.2 Å². The molecule has 4 heteroatoms. The highest BCUT2D eigenvalue weighted by atomic mass is 35.5. The van der Waals surface area contributed by atoms with Crippen LogP contribution < -0.4 is 4.90 Å². The Morgan fingerprint density at radius 2 is 1.85 bits per heavy atom. The summed E-state index contributed by atoms with van der Waals surface area (Å²) in [5, 5.41) is 10.4. The van der Waals surface area contributed by atoms with Crippen molar-refractivity contribution in [2.45, 2.75) is 19.6 Å². The predicted octanol–water partition coefficient (Wildman–Crippen LogP) is 4.17. The van der Waals surface area contributed by atoms with Gasteiger partial charge in [0, 0.05) is 24.2 Å². The third-order valence-corrected chi connectivity index (χ3v) is 3.43. The van der Waals surface area contributed by atoms with Gasteiger partial charge in [-0.25, -0.2) is 4.39 Å². The molecule has 1 N–H and O–H groups in total. The van der Waals surface area contributed by atoms with Crippen LogP contribution in [0.15, 0.2) is 42.5 Å². The number of nitrogens with zero attached hydrogens (tertiary/aromatic N) is 1. The molecule has 2 nitrogen and oxygen atoms in total. The van der Waals surface area contributed by atoms with E-state index < -0.39 is 6.10 Å². The summed E-state index contributed by atoms with van der Waals surface area (Å²) in [5.74, 6) is -0.333. The molecule has 1 atom stereocenters. The third-order valence-electron chi connectivity index (χ3n) is 3.18. The monoisotopic (exact) mass is 293 g/mol. The Hall–Kier alpha value is -1.58. The van der Waals surface area contributed by atoms with E-state index >= 15 is 0 Å². The van der Waals surface area contributed by atoms with Crippen molar-refractivity contribution in [1.29, 1.82) is 0 Å². The first-order valence-electron chi connectivity index (χ1n) is 6.41. The molecule has 2 aromatic rings. The smallest absolute Gasteiger partial charge is 0.146 e. The predicted molar refractivity (Wildman–Crippen MR) is 80.6 cm³/mol. The Labute approximate surface area is 123 Å². The van der Waals surface area contributed by atoms with E-state index in [1.165, 1.54) is 6.07 Å². The minimum absolute atomic E-state index is 0.333. The van der Waals surface area contributed by atoms with Gasteiger partial charge in [-0.05, 0) is 30.7 Å². The number of anilines is 1. The van der Waals surface area contributed by atoms with Crippen LogP contribution in [0.25, 0.3) is 0 Å². The molecule has 0 aliphatic carbocycles. The Morgan fingerprint density at radius 1 is 1.20 bits per heavy atom. The lowest BCUT2D eigenvalue weighted by Gasteiger charge is -2.24. The van der Waals surface area contributed by atoms with Crippen LogP contribution >= 0.6 is 11.6 Å². The van der Waals surface area contributed by atoms with Gasteiger partial charge in [-0.15, -0.1) is 0 Å². The zero-order valence-corrected chi connectivity index (χ0v) is 12.2. The van der Waals surface area contributed by atoms with Crippen LogP contribution in [0.4, 0.5) is 10.1 Å². The highest BCUT2D eigenvalue weighted by molar-refractivity contribution is 6.30. The lowest BCUT2D eigenvalue weighted by Crippen LogP contribution is -2.20. The molecule has 0 aromatic heterocycles. The molecule has 1 unspecified atom stereocenters. The van der Waals surface area contributed by atoms with E-state index in [2.05, 4.69) is 0 Å². The molecular formula is C16H17ClFNO. The zero-order chi connectivity index (χ0) is 14.7. The lowest BCUT2D eigenvalue weighted by atomic mass is 10.1. The Kier molecular flexibility index (Phi) is 4.63. The maximum atomic E-state index is 14.1. The number of rotatable bonds is 4. The van der Waals surface area contributed by atoms with E-state index in [9.17, 15) is 9.50 Å². The summed E-state index contributed by atoms with van der Waals surface area (Å²) in [7, 11) is 1.80. The molecule has 0 fully saturated rings. The van der Waals surface area contributed by atoms with E-state index in [1.54, 1.807) is 31.0 Å². The van der Waals surface area contributed by atoms with Crippen molar-refractivity contribution >= 4 is 17.3 Å². The largest absolute Gasteiger partial charge is 0.389 e. The van der Waals surface area contributed by atoms with Crippen molar-refractivity contribution < 1.29 is 9.50 Å². The molecule has 0 saturated heterocycles. The summed E-state index contributed by atoms with van der Waals surface area (Å²) in [6.45, 7) is 2.17. The van der Waals surface area contributed by atoms with E-state index in [-0.39, 0.29) is 5.82 Å². The lowest BCUT2D eigenvalue weighted by molar-refractivity contribution is 0.199. The van der Waals surface area contributed by atoms with Crippen LogP contribution in [-0.4, -0.2) is 12.2 Å². The van der Waals surface area contributed by atoms with Gasteiger partial charge in [0.15, 0.2) is 0 Å². The maximum absolute atomic E-state index is 14.1. The summed E-state index contributed by atoms with van der Waals surface area (Å²) in [4.78, 5) is 1.79. The highest BCUT2D eigenvalue weighted by Crippen LogP contribution is 2.29. The number of aliphatic hydroxyl groups is 1. The average Bonchev–Trinajstić information content (AvgIpc) is 2.40. The van der Waals surface area contributed by atoms with Gasteiger partial charge in [0.1, 0.15) is 5.82 Å². The van der Waals surface area contributed by atoms with Crippen LogP contribution in [0.3, 0.4) is 0 Å². The molecule has 0 heterocycles. The second-order valence-corrected chi connectivity index (χ2v) is 5.27. The van der Waals surface area contributed by atoms with Crippen LogP contribution in [0, 0.1) is 5.82 Å². The van der Waals surface area contributed by atoms with E-state index in [4.69, 9.17) is 11.6 Å². The SMILES string of the molecule is CC(O)c1cccc(F)c1N(C)Cc1ccc(Cl)cc1. The third kappa shape index (κ3) is 3.30. The Morgan fingerprint density at radius 3 is 2.45 bits per heavy atom. The number of para-hydroxylation sites is 1. The number of hydrogen-bond acceptors (Lipinski definition) is 2. The van der Waals surface area contributed by atoms with Gasteiger partial charge in [0.25, 0.3) is 0 Å². The van der Waals surface area contributed by atoms with Gasteiger partial charge in [0.05, 0.1) is 11.8 Å². The Balaban J connectivity index is 2.29. The number of halogens is 2. The second-order valence-electron chi connectivity index (χ2n) is 4.84. The topological polar surface area (TPSA) is 23.5 Å². The summed E-state index contributed by atoms with van der Waals surface area (Å²) in [6, 6.07) is 12.2. The summed E-state index contributed by atoms with van der Waals surface area (Å²) < 4.78 is 14.1. The van der Waals surface area contributed by atoms with Crippen LogP contribution in [-0.2, 0) is 6.54 Å². The molecule has 0 radical (unpaired) electrons. The van der Waals surface area contributed by atoms with Crippen molar-refractivity contribution in [3.63, 3.8) is 0 Å². The van der Waals surface area contributed by atoms with Gasteiger partial charge in [-0.3, -0.25) is 0 Å². The van der Waals surface area contributed by atoms with E-state index in [0.717, 1.165) is 5.56 Å². The molecule has 0 spiro atoms. The maximum Gasteiger partial charge on any atom is 0.146 e. The molecular weight excluding hydrogens is 277 g/mol. The van der Waals surface area contributed by atoms with Gasteiger partial charge in [0.2, 0.25) is 0 Å². The summed E-state index contributed by atoms with van der Waals surface area (Å²) >= 11 is 5.85. The molecule has 20 heavy (non-hydrogen) atoms. The van der Waals surface area contributed by atoms with Gasteiger partial charge in [-0.2, -0.15) is 0 Å². The standard InChI is InChI=1S/C16H17ClFNO/c1-11(20)14-4-3-5-15(18)16(14)19(2)10-12-6-8-13(17)9-7-12/h3-9,11,20H,10H2,1-2H3. The van der Waals surface area contributed by atoms with Crippen molar-refractivity contribution in [1.82, 2.24) is 0 Å². The number of aliphatic hydroxyl groups excluding tert-OH is 1. The molecule has 0 saturated carbocycles. The molecule has 0 bridgehead atoms. The molecule has 0 aliphatic heterocycles. The zero-order valence-electron chi connectivity index (χ0n) is 11.5. The molecule has 106 valence electrons. The quantitative estimate of drug-likeness (QED) is 0.914. The minimum Gasteiger partial charge on any atom is -0.389 e. The van der Waals surface area contributed by atoms with Crippen LogP contribution in [0.2, 0.25) is 5.02 Å². The molecule has 2 aromatic carbocycles.